The van der Waals surface area contributed by atoms with E-state index in [1.807, 2.05) is 6.07 Å². The molecule has 1 aromatic carbocycles. The van der Waals surface area contributed by atoms with Crippen LogP contribution in [0.5, 0.6) is 0 Å². The summed E-state index contributed by atoms with van der Waals surface area (Å²) in [5, 5.41) is 6.64. The minimum atomic E-state index is -4.62. The Kier molecular flexibility index (Phi) is 5.16. The topological polar surface area (TPSA) is 81.8 Å². The maximum Gasteiger partial charge on any atom is 0.418 e. The minimum Gasteiger partial charge on any atom is -0.324 e. The molecule has 162 valence electrons. The van der Waals surface area contributed by atoms with Crippen molar-refractivity contribution >= 4 is 11.6 Å². The molecule has 0 bridgehead atoms. The number of benzene rings is 1. The zero-order chi connectivity index (χ0) is 22.3. The monoisotopic (exact) mass is 431 g/mol. The predicted molar refractivity (Wildman–Crippen MR) is 107 cm³/mol. The third-order valence-electron chi connectivity index (χ3n) is 5.18. The van der Waals surface area contributed by atoms with Crippen LogP contribution in [-0.2, 0) is 30.4 Å². The summed E-state index contributed by atoms with van der Waals surface area (Å²) in [6.45, 7) is 3.10. The van der Waals surface area contributed by atoms with Crippen LogP contribution in [0.15, 0.2) is 35.1 Å². The first kappa shape index (κ1) is 20.8. The molecule has 1 N–H and O–H groups in total. The van der Waals surface area contributed by atoms with Gasteiger partial charge in [-0.3, -0.25) is 14.2 Å². The molecule has 0 radical (unpaired) electrons. The van der Waals surface area contributed by atoms with Crippen LogP contribution < -0.4 is 10.9 Å². The highest BCUT2D eigenvalue weighted by molar-refractivity contribution is 5.91. The third-order valence-corrected chi connectivity index (χ3v) is 5.18. The van der Waals surface area contributed by atoms with E-state index in [9.17, 15) is 22.8 Å². The van der Waals surface area contributed by atoms with E-state index in [4.69, 9.17) is 0 Å². The molecule has 0 unspecified atom stereocenters. The Morgan fingerprint density at radius 1 is 1.19 bits per heavy atom. The van der Waals surface area contributed by atoms with Gasteiger partial charge in [0.1, 0.15) is 6.54 Å². The molecule has 1 aliphatic rings. The van der Waals surface area contributed by atoms with Crippen molar-refractivity contribution in [3.05, 3.63) is 68.9 Å². The molecular formula is C21H20F3N5O2. The first-order valence-corrected chi connectivity index (χ1v) is 9.77. The van der Waals surface area contributed by atoms with Crippen LogP contribution in [0, 0.1) is 13.8 Å². The Morgan fingerprint density at radius 2 is 1.94 bits per heavy atom. The fraction of sp³-hybridized carbons (Fsp3) is 0.333. The number of fused-ring (bicyclic) bond motifs is 1. The number of carbonyl (C=O) groups excluding carboxylic acids is 1. The number of nitrogens with one attached hydrogen (secondary N) is 1. The van der Waals surface area contributed by atoms with Gasteiger partial charge < -0.3 is 5.32 Å². The molecule has 4 rings (SSSR count). The van der Waals surface area contributed by atoms with Gasteiger partial charge >= 0.3 is 6.18 Å². The zero-order valence-electron chi connectivity index (χ0n) is 17.0. The number of para-hydroxylation sites is 1. The summed E-state index contributed by atoms with van der Waals surface area (Å²) in [7, 11) is 0. The number of hydrogen-bond donors (Lipinski definition) is 1. The van der Waals surface area contributed by atoms with E-state index in [1.54, 1.807) is 13.8 Å². The van der Waals surface area contributed by atoms with Gasteiger partial charge in [-0.15, -0.1) is 0 Å². The van der Waals surface area contributed by atoms with E-state index in [0.717, 1.165) is 18.2 Å². The Bertz CT molecular complexity index is 1230. The molecule has 0 atom stereocenters. The molecule has 0 saturated carbocycles. The average molecular weight is 431 g/mol. The molecule has 2 aromatic heterocycles. The summed E-state index contributed by atoms with van der Waals surface area (Å²) in [6, 6.07) is 6.51. The maximum atomic E-state index is 13.2. The van der Waals surface area contributed by atoms with E-state index in [-0.39, 0.29) is 17.2 Å². The SMILES string of the molecule is Cc1cc(C)n(-c2nc3c(c(=O)n2CC(=O)Nc2ccccc2C(F)(F)F)CCC3)n1. The highest BCUT2D eigenvalue weighted by atomic mass is 19.4. The third kappa shape index (κ3) is 3.97. The van der Waals surface area contributed by atoms with Crippen molar-refractivity contribution in [2.24, 2.45) is 0 Å². The summed E-state index contributed by atoms with van der Waals surface area (Å²) in [5.74, 6) is -0.586. The number of anilines is 1. The quantitative estimate of drug-likeness (QED) is 0.688. The van der Waals surface area contributed by atoms with E-state index in [1.165, 1.54) is 27.4 Å². The van der Waals surface area contributed by atoms with Crippen molar-refractivity contribution in [2.45, 2.75) is 45.8 Å². The fourth-order valence-corrected chi connectivity index (χ4v) is 3.82. The van der Waals surface area contributed by atoms with Gasteiger partial charge in [0, 0.05) is 11.3 Å². The zero-order valence-corrected chi connectivity index (χ0v) is 17.0. The molecule has 10 heteroatoms. The maximum absolute atomic E-state index is 13.2. The van der Waals surface area contributed by atoms with Crippen molar-refractivity contribution in [2.75, 3.05) is 5.32 Å². The first-order valence-electron chi connectivity index (χ1n) is 9.77. The van der Waals surface area contributed by atoms with Gasteiger partial charge in [-0.25, -0.2) is 9.67 Å². The fourth-order valence-electron chi connectivity index (χ4n) is 3.82. The predicted octanol–water partition coefficient (Wildman–Crippen LogP) is 3.19. The van der Waals surface area contributed by atoms with Gasteiger partial charge in [0.15, 0.2) is 0 Å². The number of halogens is 3. The molecule has 2 heterocycles. The Labute approximate surface area is 175 Å². The molecular weight excluding hydrogens is 411 g/mol. The second-order valence-electron chi connectivity index (χ2n) is 7.51. The molecule has 7 nitrogen and oxygen atoms in total. The van der Waals surface area contributed by atoms with Crippen LogP contribution in [0.2, 0.25) is 0 Å². The Balaban J connectivity index is 1.73. The second kappa shape index (κ2) is 7.68. The number of rotatable bonds is 4. The lowest BCUT2D eigenvalue weighted by Gasteiger charge is -2.16. The number of aromatic nitrogens is 4. The normalized spacial score (nSPS) is 13.3. The van der Waals surface area contributed by atoms with Crippen molar-refractivity contribution in [1.82, 2.24) is 19.3 Å². The first-order chi connectivity index (χ1) is 14.6. The van der Waals surface area contributed by atoms with Gasteiger partial charge in [-0.2, -0.15) is 18.3 Å². The van der Waals surface area contributed by atoms with Crippen molar-refractivity contribution in [3.63, 3.8) is 0 Å². The van der Waals surface area contributed by atoms with Crippen LogP contribution in [0.1, 0.15) is 34.6 Å². The Morgan fingerprint density at radius 3 is 2.61 bits per heavy atom. The standard InChI is InChI=1S/C21H20F3N5O2/c1-12-10-13(2)29(27-12)20-26-16-9-5-6-14(16)19(31)28(20)11-18(30)25-17-8-4-3-7-15(17)21(22,23)24/h3-4,7-8,10H,5-6,9,11H2,1-2H3,(H,25,30). The largest absolute Gasteiger partial charge is 0.418 e. The average Bonchev–Trinajstić information content (AvgIpc) is 3.29. The number of hydrogen-bond acceptors (Lipinski definition) is 4. The number of alkyl halides is 3. The molecule has 1 amide bonds. The molecule has 31 heavy (non-hydrogen) atoms. The van der Waals surface area contributed by atoms with Crippen LogP contribution in [0.3, 0.4) is 0 Å². The summed E-state index contributed by atoms with van der Waals surface area (Å²) < 4.78 is 42.4. The van der Waals surface area contributed by atoms with Crippen molar-refractivity contribution < 1.29 is 18.0 Å². The lowest BCUT2D eigenvalue weighted by Crippen LogP contribution is -2.34. The summed E-state index contributed by atoms with van der Waals surface area (Å²) in [6.07, 6.45) is -2.63. The van der Waals surface area contributed by atoms with Crippen molar-refractivity contribution in [3.8, 4) is 5.95 Å². The van der Waals surface area contributed by atoms with E-state index >= 15 is 0 Å². The molecule has 0 fully saturated rings. The summed E-state index contributed by atoms with van der Waals surface area (Å²) in [5.41, 5.74) is 0.947. The van der Waals surface area contributed by atoms with Gasteiger partial charge in [-0.05, 0) is 51.3 Å². The van der Waals surface area contributed by atoms with Gasteiger partial charge in [0.05, 0.1) is 22.6 Å². The van der Waals surface area contributed by atoms with E-state index in [2.05, 4.69) is 15.4 Å². The van der Waals surface area contributed by atoms with Crippen molar-refractivity contribution in [1.29, 1.82) is 0 Å². The second-order valence-corrected chi connectivity index (χ2v) is 7.51. The number of aryl methyl sites for hydroxylation is 3. The van der Waals surface area contributed by atoms with Gasteiger partial charge in [-0.1, -0.05) is 12.1 Å². The van der Waals surface area contributed by atoms with Gasteiger partial charge in [0.25, 0.3) is 5.56 Å². The lowest BCUT2D eigenvalue weighted by molar-refractivity contribution is -0.137. The number of carbonyl (C=O) groups is 1. The van der Waals surface area contributed by atoms with Gasteiger partial charge in [0.2, 0.25) is 11.9 Å². The minimum absolute atomic E-state index is 0.176. The van der Waals surface area contributed by atoms with Crippen LogP contribution in [0.25, 0.3) is 5.95 Å². The molecule has 0 spiro atoms. The summed E-state index contributed by atoms with van der Waals surface area (Å²) >= 11 is 0. The number of nitrogens with zero attached hydrogens (tertiary/aromatic N) is 4. The molecule has 0 saturated heterocycles. The summed E-state index contributed by atoms with van der Waals surface area (Å²) in [4.78, 5) is 30.4. The van der Waals surface area contributed by atoms with Crippen LogP contribution in [-0.4, -0.2) is 25.2 Å². The highest BCUT2D eigenvalue weighted by Crippen LogP contribution is 2.34. The van der Waals surface area contributed by atoms with Crippen LogP contribution >= 0.6 is 0 Å². The highest BCUT2D eigenvalue weighted by Gasteiger charge is 2.33. The molecule has 1 aliphatic carbocycles. The van der Waals surface area contributed by atoms with E-state index < -0.39 is 24.2 Å². The molecule has 0 aliphatic heterocycles. The molecule has 3 aromatic rings. The smallest absolute Gasteiger partial charge is 0.324 e. The van der Waals surface area contributed by atoms with E-state index in [0.29, 0.717) is 29.8 Å². The lowest BCUT2D eigenvalue weighted by atomic mass is 10.1. The van der Waals surface area contributed by atoms with Crippen LogP contribution in [0.4, 0.5) is 18.9 Å². The Hall–Kier alpha value is -3.43. The number of amides is 1.